The highest BCUT2D eigenvalue weighted by Crippen LogP contribution is 2.16. The van der Waals surface area contributed by atoms with E-state index in [-0.39, 0.29) is 30.0 Å². The molecule has 0 radical (unpaired) electrons. The second-order valence-electron chi connectivity index (χ2n) is 6.68. The van der Waals surface area contributed by atoms with E-state index in [1.807, 2.05) is 36.9 Å². The van der Waals surface area contributed by atoms with Crippen molar-refractivity contribution in [2.75, 3.05) is 6.54 Å². The summed E-state index contributed by atoms with van der Waals surface area (Å²) in [4.78, 5) is 5.87. The maximum Gasteiger partial charge on any atom is 0.192 e. The van der Waals surface area contributed by atoms with Gasteiger partial charge in [-0.1, -0.05) is 12.1 Å². The average Bonchev–Trinajstić information content (AvgIpc) is 3.32. The van der Waals surface area contributed by atoms with Gasteiger partial charge in [-0.05, 0) is 49.4 Å². The fourth-order valence-electron chi connectivity index (χ4n) is 2.72. The summed E-state index contributed by atoms with van der Waals surface area (Å²) in [6.45, 7) is 4.78. The molecular weight excluding hydrogens is 521 g/mol. The molecule has 2 aromatic heterocycles. The van der Waals surface area contributed by atoms with Crippen LogP contribution in [-0.4, -0.2) is 27.3 Å². The van der Waals surface area contributed by atoms with Gasteiger partial charge >= 0.3 is 0 Å². The van der Waals surface area contributed by atoms with Gasteiger partial charge in [0.2, 0.25) is 0 Å². The molecule has 0 amide bonds. The number of nitrogens with one attached hydrogen (secondary N) is 2. The number of thiophene rings is 1. The molecule has 162 valence electrons. The molecule has 1 unspecified atom stereocenters. The fraction of sp³-hybridized carbons (Fsp3) is 0.350. The molecular formula is C20H25F2IN6S. The highest BCUT2D eigenvalue weighted by molar-refractivity contribution is 14.0. The Bertz CT molecular complexity index is 974. The van der Waals surface area contributed by atoms with Crippen LogP contribution < -0.4 is 10.6 Å². The van der Waals surface area contributed by atoms with Gasteiger partial charge in [-0.2, -0.15) is 0 Å². The molecule has 30 heavy (non-hydrogen) atoms. The van der Waals surface area contributed by atoms with E-state index >= 15 is 0 Å². The predicted octanol–water partition coefficient (Wildman–Crippen LogP) is 4.12. The number of aryl methyl sites for hydroxylation is 1. The lowest BCUT2D eigenvalue weighted by Crippen LogP contribution is -2.39. The van der Waals surface area contributed by atoms with E-state index < -0.39 is 11.6 Å². The molecule has 0 aliphatic heterocycles. The zero-order chi connectivity index (χ0) is 20.8. The molecule has 3 aromatic rings. The summed E-state index contributed by atoms with van der Waals surface area (Å²) in [5.74, 6) is 0.392. The van der Waals surface area contributed by atoms with Gasteiger partial charge in [0.15, 0.2) is 23.4 Å². The lowest BCUT2D eigenvalue weighted by Gasteiger charge is -2.19. The molecule has 10 heteroatoms. The van der Waals surface area contributed by atoms with Gasteiger partial charge in [-0.3, -0.25) is 0 Å². The van der Waals surface area contributed by atoms with E-state index in [0.717, 1.165) is 24.1 Å². The van der Waals surface area contributed by atoms with E-state index in [9.17, 15) is 8.78 Å². The summed E-state index contributed by atoms with van der Waals surface area (Å²) in [7, 11) is 1.89. The first kappa shape index (κ1) is 24.2. The van der Waals surface area contributed by atoms with Crippen molar-refractivity contribution in [3.05, 3.63) is 69.4 Å². The minimum absolute atomic E-state index is 0. The largest absolute Gasteiger partial charge is 0.356 e. The van der Waals surface area contributed by atoms with Crippen molar-refractivity contribution in [1.29, 1.82) is 0 Å². The Labute approximate surface area is 195 Å². The van der Waals surface area contributed by atoms with Gasteiger partial charge in [-0.25, -0.2) is 13.8 Å². The Morgan fingerprint density at radius 3 is 2.67 bits per heavy atom. The Hall–Kier alpha value is -2.08. The van der Waals surface area contributed by atoms with Crippen LogP contribution in [0.15, 0.2) is 40.7 Å². The van der Waals surface area contributed by atoms with Gasteiger partial charge in [-0.15, -0.1) is 45.5 Å². The predicted molar refractivity (Wildman–Crippen MR) is 126 cm³/mol. The van der Waals surface area contributed by atoms with Crippen LogP contribution in [0, 0.1) is 18.6 Å². The minimum atomic E-state index is -0.866. The number of aromatic nitrogens is 3. The zero-order valence-electron chi connectivity index (χ0n) is 17.0. The number of halogens is 3. The number of benzene rings is 1. The summed E-state index contributed by atoms with van der Waals surface area (Å²) in [6.07, 6.45) is 0.862. The second kappa shape index (κ2) is 11.3. The lowest BCUT2D eigenvalue weighted by atomic mass is 10.1. The van der Waals surface area contributed by atoms with Crippen LogP contribution in [0.2, 0.25) is 0 Å². The lowest BCUT2D eigenvalue weighted by molar-refractivity contribution is 0.504. The van der Waals surface area contributed by atoms with Gasteiger partial charge < -0.3 is 15.2 Å². The number of nitrogens with zero attached hydrogens (tertiary/aromatic N) is 4. The first-order valence-corrected chi connectivity index (χ1v) is 10.2. The quantitative estimate of drug-likeness (QED) is 0.266. The van der Waals surface area contributed by atoms with E-state index in [4.69, 9.17) is 0 Å². The molecule has 2 N–H and O–H groups in total. The highest BCUT2D eigenvalue weighted by Gasteiger charge is 2.12. The summed E-state index contributed by atoms with van der Waals surface area (Å²) < 4.78 is 28.7. The molecule has 0 fully saturated rings. The number of hydrogen-bond acceptors (Lipinski definition) is 4. The standard InChI is InChI=1S/C20H24F2N6S.HI/c1-13(15-6-7-17(21)18(22)11-15)25-20(23-9-8-16-5-4-10-29-16)24-12-19-27-26-14(2)28(19)3;/h4-7,10-11,13H,8-9,12H2,1-3H3,(H2,23,24,25);1H. The molecule has 6 nitrogen and oxygen atoms in total. The van der Waals surface area contributed by atoms with Crippen molar-refractivity contribution in [2.45, 2.75) is 32.9 Å². The molecule has 2 heterocycles. The van der Waals surface area contributed by atoms with Crippen LogP contribution in [-0.2, 0) is 20.0 Å². The topological polar surface area (TPSA) is 67.1 Å². The monoisotopic (exact) mass is 546 g/mol. The smallest absolute Gasteiger partial charge is 0.192 e. The summed E-state index contributed by atoms with van der Waals surface area (Å²) in [5, 5.41) is 16.8. The van der Waals surface area contributed by atoms with E-state index in [1.165, 1.54) is 10.9 Å². The maximum absolute atomic E-state index is 13.6. The van der Waals surface area contributed by atoms with E-state index in [1.54, 1.807) is 17.4 Å². The Morgan fingerprint density at radius 2 is 2.03 bits per heavy atom. The van der Waals surface area contributed by atoms with Crippen molar-refractivity contribution in [2.24, 2.45) is 12.0 Å². The highest BCUT2D eigenvalue weighted by atomic mass is 127. The van der Waals surface area contributed by atoms with Gasteiger partial charge in [0.25, 0.3) is 0 Å². The third-order valence-corrected chi connectivity index (χ3v) is 5.54. The molecule has 1 atom stereocenters. The molecule has 0 aliphatic carbocycles. The Balaban J connectivity index is 0.00000320. The zero-order valence-corrected chi connectivity index (χ0v) is 20.2. The molecule has 0 aliphatic rings. The summed E-state index contributed by atoms with van der Waals surface area (Å²) >= 11 is 1.70. The average molecular weight is 546 g/mol. The first-order chi connectivity index (χ1) is 13.9. The van der Waals surface area contributed by atoms with E-state index in [2.05, 4.69) is 31.9 Å². The number of hydrogen-bond donors (Lipinski definition) is 2. The summed E-state index contributed by atoms with van der Waals surface area (Å²) in [5.41, 5.74) is 0.631. The first-order valence-electron chi connectivity index (χ1n) is 9.31. The summed E-state index contributed by atoms with van der Waals surface area (Å²) in [6, 6.07) is 7.73. The molecule has 0 saturated carbocycles. The van der Waals surface area contributed by atoms with Gasteiger partial charge in [0, 0.05) is 18.5 Å². The molecule has 0 spiro atoms. The minimum Gasteiger partial charge on any atom is -0.356 e. The van der Waals surface area contributed by atoms with Crippen LogP contribution in [0.25, 0.3) is 0 Å². The van der Waals surface area contributed by atoms with Crippen molar-refractivity contribution < 1.29 is 8.78 Å². The van der Waals surface area contributed by atoms with Crippen LogP contribution in [0.5, 0.6) is 0 Å². The normalized spacial score (nSPS) is 12.4. The van der Waals surface area contributed by atoms with Crippen LogP contribution in [0.4, 0.5) is 8.78 Å². The Morgan fingerprint density at radius 1 is 1.23 bits per heavy atom. The fourth-order valence-corrected chi connectivity index (χ4v) is 3.43. The molecule has 1 aromatic carbocycles. The SMILES string of the molecule is Cc1nnc(CN=C(NCCc2cccs2)NC(C)c2ccc(F)c(F)c2)n1C.I. The van der Waals surface area contributed by atoms with Gasteiger partial charge in [0.05, 0.1) is 6.04 Å². The number of aliphatic imine (C=N–C) groups is 1. The number of guanidine groups is 1. The second-order valence-corrected chi connectivity index (χ2v) is 7.72. The number of rotatable bonds is 7. The van der Waals surface area contributed by atoms with Gasteiger partial charge in [0.1, 0.15) is 12.4 Å². The Kier molecular flexibility index (Phi) is 9.15. The van der Waals surface area contributed by atoms with Crippen molar-refractivity contribution >= 4 is 41.3 Å². The third-order valence-electron chi connectivity index (χ3n) is 4.60. The van der Waals surface area contributed by atoms with Crippen LogP contribution >= 0.6 is 35.3 Å². The molecule has 0 saturated heterocycles. The molecule has 3 rings (SSSR count). The molecule has 0 bridgehead atoms. The van der Waals surface area contributed by atoms with Crippen molar-refractivity contribution in [1.82, 2.24) is 25.4 Å². The van der Waals surface area contributed by atoms with E-state index in [0.29, 0.717) is 24.6 Å². The van der Waals surface area contributed by atoms with Crippen LogP contribution in [0.3, 0.4) is 0 Å². The van der Waals surface area contributed by atoms with Crippen LogP contribution in [0.1, 0.15) is 35.1 Å². The third kappa shape index (κ3) is 6.46. The maximum atomic E-state index is 13.6. The van der Waals surface area contributed by atoms with Crippen molar-refractivity contribution in [3.8, 4) is 0 Å². The van der Waals surface area contributed by atoms with Crippen molar-refractivity contribution in [3.63, 3.8) is 0 Å².